The van der Waals surface area contributed by atoms with Gasteiger partial charge >= 0.3 is 5.97 Å². The van der Waals surface area contributed by atoms with E-state index in [0.29, 0.717) is 5.56 Å². The number of ether oxygens (including phenoxy) is 4. The summed E-state index contributed by atoms with van der Waals surface area (Å²) in [5.41, 5.74) is 2.22. The Morgan fingerprint density at radius 3 is 2.43 bits per heavy atom. The molecule has 0 aliphatic carbocycles. The molecule has 3 rings (SSSR count). The van der Waals surface area contributed by atoms with Gasteiger partial charge in [-0.15, -0.1) is 6.42 Å². The summed E-state index contributed by atoms with van der Waals surface area (Å²) in [6.45, 7) is -1.46. The highest BCUT2D eigenvalue weighted by Crippen LogP contribution is 2.33. The van der Waals surface area contributed by atoms with Gasteiger partial charge in [0.2, 0.25) is 11.8 Å². The van der Waals surface area contributed by atoms with E-state index >= 15 is 0 Å². The molecule has 0 bridgehead atoms. The molecule has 15 heteroatoms. The Bertz CT molecular complexity index is 1310. The van der Waals surface area contributed by atoms with Crippen LogP contribution in [0.15, 0.2) is 48.7 Å². The van der Waals surface area contributed by atoms with Crippen LogP contribution in [0.25, 0.3) is 11.3 Å². The van der Waals surface area contributed by atoms with Gasteiger partial charge in [-0.3, -0.25) is 14.6 Å². The number of aliphatic carboxylic acids is 1. The second kappa shape index (κ2) is 18.2. The van der Waals surface area contributed by atoms with Crippen LogP contribution >= 0.6 is 0 Å². The Kier molecular flexibility index (Phi) is 14.5. The zero-order chi connectivity index (χ0) is 33.5. The summed E-state index contributed by atoms with van der Waals surface area (Å²) >= 11 is 0. The zero-order valence-corrected chi connectivity index (χ0v) is 25.0. The molecule has 0 radical (unpaired) electrons. The van der Waals surface area contributed by atoms with E-state index in [1.54, 1.807) is 18.3 Å². The molecular formula is C31H39N3O12. The normalized spacial score (nSPS) is 22.3. The predicted octanol–water partition coefficient (Wildman–Crippen LogP) is -1.78. The number of nitrogens with zero attached hydrogens (tertiary/aromatic N) is 1. The van der Waals surface area contributed by atoms with Crippen LogP contribution < -0.4 is 10.6 Å². The summed E-state index contributed by atoms with van der Waals surface area (Å²) in [5, 5.41) is 56.5. The number of rotatable bonds is 18. The number of carboxylic acids is 1. The van der Waals surface area contributed by atoms with Gasteiger partial charge in [0.15, 0.2) is 0 Å². The van der Waals surface area contributed by atoms with Crippen LogP contribution in [0, 0.1) is 12.3 Å². The Labute approximate surface area is 265 Å². The van der Waals surface area contributed by atoms with E-state index < -0.39 is 73.6 Å². The molecule has 1 aromatic carbocycles. The minimum Gasteiger partial charge on any atom is -0.477 e. The van der Waals surface area contributed by atoms with Crippen molar-refractivity contribution in [3.63, 3.8) is 0 Å². The predicted molar refractivity (Wildman–Crippen MR) is 160 cm³/mol. The number of aliphatic hydroxyl groups is 4. The first-order chi connectivity index (χ1) is 22.1. The SMILES string of the molecule is C#CCOCCOCCO[C@]1(C(=O)O)C[C@H](O)[C@@H](NC(=O)CO)[C@H]([C@H](O)[C@H](O)CNC(=O)Cc2ccc(-c3ccccc3)nc2)O1. The maximum Gasteiger partial charge on any atom is 0.364 e. The number of amides is 2. The summed E-state index contributed by atoms with van der Waals surface area (Å²) < 4.78 is 21.5. The molecule has 1 fully saturated rings. The third kappa shape index (κ3) is 10.5. The third-order valence-corrected chi connectivity index (χ3v) is 6.99. The molecule has 0 spiro atoms. The second-order valence-electron chi connectivity index (χ2n) is 10.3. The van der Waals surface area contributed by atoms with Crippen molar-refractivity contribution >= 4 is 17.8 Å². The standard InChI is InChI=1S/C31H39N3O12/c1-2-10-43-11-12-44-13-14-45-31(30(41)42)16-23(36)27(34-26(39)19-35)29(46-31)28(40)24(37)18-33-25(38)15-20-8-9-22(32-17-20)21-6-4-3-5-7-21/h1,3-9,17,23-24,27-29,35-37,40H,10-16,18-19H2,(H,33,38)(H,34,39)(H,41,42)/t23-,24+,27+,28+,29+,31+/m0/s1. The van der Waals surface area contributed by atoms with Gasteiger partial charge in [-0.05, 0) is 11.6 Å². The van der Waals surface area contributed by atoms with Crippen LogP contribution in [-0.2, 0) is 39.8 Å². The van der Waals surface area contributed by atoms with Crippen molar-refractivity contribution in [2.24, 2.45) is 0 Å². The lowest BCUT2D eigenvalue weighted by atomic mass is 9.88. The summed E-state index contributed by atoms with van der Waals surface area (Å²) in [5.74, 6) is -3.32. The number of carboxylic acid groups (broad SMARTS) is 1. The molecule has 1 saturated heterocycles. The zero-order valence-electron chi connectivity index (χ0n) is 25.0. The van der Waals surface area contributed by atoms with Gasteiger partial charge in [0.05, 0.1) is 56.8 Å². The van der Waals surface area contributed by atoms with E-state index in [4.69, 9.17) is 25.4 Å². The van der Waals surface area contributed by atoms with E-state index in [1.165, 1.54) is 0 Å². The summed E-state index contributed by atoms with van der Waals surface area (Å²) in [6, 6.07) is 11.5. The van der Waals surface area contributed by atoms with Crippen LogP contribution in [0.3, 0.4) is 0 Å². The van der Waals surface area contributed by atoms with Crippen molar-refractivity contribution in [1.29, 1.82) is 0 Å². The Morgan fingerprint density at radius 2 is 1.78 bits per heavy atom. The fourth-order valence-corrected chi connectivity index (χ4v) is 4.68. The average molecular weight is 646 g/mol. The quantitative estimate of drug-likeness (QED) is 0.0704. The Hall–Kier alpha value is -3.98. The highest BCUT2D eigenvalue weighted by molar-refractivity contribution is 5.79. The van der Waals surface area contributed by atoms with Crippen LogP contribution in [0.5, 0.6) is 0 Å². The molecule has 6 atom stereocenters. The topological polar surface area (TPSA) is 226 Å². The molecule has 2 heterocycles. The fourth-order valence-electron chi connectivity index (χ4n) is 4.68. The smallest absolute Gasteiger partial charge is 0.364 e. The third-order valence-electron chi connectivity index (χ3n) is 6.99. The van der Waals surface area contributed by atoms with Gasteiger partial charge in [0, 0.05) is 24.7 Å². The van der Waals surface area contributed by atoms with Crippen LogP contribution in [0.1, 0.15) is 12.0 Å². The second-order valence-corrected chi connectivity index (χ2v) is 10.3. The van der Waals surface area contributed by atoms with Gasteiger partial charge < -0.3 is 55.1 Å². The summed E-state index contributed by atoms with van der Waals surface area (Å²) in [6.07, 6.45) is -1.25. The fraction of sp³-hybridized carbons (Fsp3) is 0.484. The van der Waals surface area contributed by atoms with Crippen molar-refractivity contribution in [3.05, 3.63) is 54.2 Å². The molecule has 1 aliphatic heterocycles. The molecule has 0 saturated carbocycles. The van der Waals surface area contributed by atoms with E-state index in [2.05, 4.69) is 21.5 Å². The van der Waals surface area contributed by atoms with Crippen LogP contribution in [0.2, 0.25) is 0 Å². The highest BCUT2D eigenvalue weighted by atomic mass is 16.7. The van der Waals surface area contributed by atoms with Gasteiger partial charge in [-0.2, -0.15) is 0 Å². The van der Waals surface area contributed by atoms with E-state index in [0.717, 1.165) is 11.3 Å². The van der Waals surface area contributed by atoms with Gasteiger partial charge in [0.1, 0.15) is 25.4 Å². The van der Waals surface area contributed by atoms with Gasteiger partial charge in [-0.1, -0.05) is 42.3 Å². The number of carbonyl (C=O) groups excluding carboxylic acids is 2. The van der Waals surface area contributed by atoms with Crippen molar-refractivity contribution in [1.82, 2.24) is 15.6 Å². The van der Waals surface area contributed by atoms with Crippen LogP contribution in [0.4, 0.5) is 0 Å². The molecule has 0 unspecified atom stereocenters. The molecule has 2 aromatic rings. The number of nitrogens with one attached hydrogen (secondary N) is 2. The van der Waals surface area contributed by atoms with E-state index in [1.807, 2.05) is 30.3 Å². The maximum absolute atomic E-state index is 12.6. The molecule has 1 aromatic heterocycles. The number of terminal acetylenes is 1. The molecule has 250 valence electrons. The number of hydrogen-bond acceptors (Lipinski definition) is 12. The Morgan fingerprint density at radius 1 is 1.07 bits per heavy atom. The van der Waals surface area contributed by atoms with Crippen LogP contribution in [-0.4, -0.2) is 131 Å². The molecule has 15 nitrogen and oxygen atoms in total. The molecule has 7 N–H and O–H groups in total. The summed E-state index contributed by atoms with van der Waals surface area (Å²) in [4.78, 5) is 41.2. The van der Waals surface area contributed by atoms with E-state index in [9.17, 15) is 39.9 Å². The lowest BCUT2D eigenvalue weighted by Crippen LogP contribution is -2.68. The number of pyridine rings is 1. The molecular weight excluding hydrogens is 606 g/mol. The Balaban J connectivity index is 1.62. The number of carbonyl (C=O) groups is 3. The lowest BCUT2D eigenvalue weighted by molar-refractivity contribution is -0.312. The largest absolute Gasteiger partial charge is 0.477 e. The van der Waals surface area contributed by atoms with Crippen molar-refractivity contribution in [2.75, 3.05) is 46.2 Å². The van der Waals surface area contributed by atoms with Crippen molar-refractivity contribution in [3.8, 4) is 23.6 Å². The number of aromatic nitrogens is 1. The highest BCUT2D eigenvalue weighted by Gasteiger charge is 2.55. The van der Waals surface area contributed by atoms with Crippen molar-refractivity contribution in [2.45, 2.75) is 49.1 Å². The monoisotopic (exact) mass is 645 g/mol. The molecule has 1 aliphatic rings. The van der Waals surface area contributed by atoms with Gasteiger partial charge in [0.25, 0.3) is 5.79 Å². The minimum atomic E-state index is -2.50. The first-order valence-corrected chi connectivity index (χ1v) is 14.5. The number of aliphatic hydroxyl groups excluding tert-OH is 4. The lowest BCUT2D eigenvalue weighted by Gasteiger charge is -2.46. The average Bonchev–Trinajstić information content (AvgIpc) is 3.06. The number of benzene rings is 1. The molecule has 46 heavy (non-hydrogen) atoms. The van der Waals surface area contributed by atoms with Gasteiger partial charge in [-0.25, -0.2) is 4.79 Å². The number of hydrogen-bond donors (Lipinski definition) is 7. The minimum absolute atomic E-state index is 0.0905. The van der Waals surface area contributed by atoms with E-state index in [-0.39, 0.29) is 39.5 Å². The summed E-state index contributed by atoms with van der Waals surface area (Å²) in [7, 11) is 0. The first-order valence-electron chi connectivity index (χ1n) is 14.5. The first kappa shape index (κ1) is 36.5. The van der Waals surface area contributed by atoms with Crippen molar-refractivity contribution < 1.29 is 58.9 Å². The maximum atomic E-state index is 12.6. The molecule has 2 amide bonds.